The minimum atomic E-state index is -0.472. The smallest absolute Gasteiger partial charge is 0.0619 e. The molecule has 0 saturated heterocycles. The third-order valence-electron chi connectivity index (χ3n) is 15.2. The summed E-state index contributed by atoms with van der Waals surface area (Å²) >= 11 is 0. The van der Waals surface area contributed by atoms with Crippen LogP contribution in [0.5, 0.6) is 0 Å². The number of rotatable bonds is 3. The van der Waals surface area contributed by atoms with Gasteiger partial charge in [-0.3, -0.25) is 0 Å². The van der Waals surface area contributed by atoms with Gasteiger partial charge in [-0.1, -0.05) is 206 Å². The SMILES string of the molecule is C1=C(C23c4ccccc4C(c4ccccc42)c2ccccc23)[C@H]([C@H]2C(C34c5ccccc5C(c5ccccc53)c3ccccc34)=Cc3ccccc32)c2ccccc21. The molecule has 0 unspecified atom stereocenters. The number of hydrogen-bond donors (Lipinski definition) is 0. The van der Waals surface area contributed by atoms with Crippen LogP contribution in [0.4, 0.5) is 0 Å². The zero-order valence-corrected chi connectivity index (χ0v) is 31.9. The Kier molecular flexibility index (Phi) is 5.94. The van der Waals surface area contributed by atoms with Gasteiger partial charge in [-0.15, -0.1) is 0 Å². The molecule has 0 saturated carbocycles. The highest BCUT2D eigenvalue weighted by Gasteiger charge is 2.61. The molecule has 0 spiro atoms. The summed E-state index contributed by atoms with van der Waals surface area (Å²) in [6.07, 6.45) is 5.25. The van der Waals surface area contributed by atoms with E-state index in [0.29, 0.717) is 0 Å². The maximum absolute atomic E-state index is 2.62. The molecule has 8 aromatic rings. The second-order valence-electron chi connectivity index (χ2n) is 17.3. The third kappa shape index (κ3) is 3.49. The van der Waals surface area contributed by atoms with Gasteiger partial charge in [-0.25, -0.2) is 0 Å². The molecular weight excluding hydrogens is 697 g/mol. The molecule has 8 aliphatic carbocycles. The lowest BCUT2D eigenvalue weighted by molar-refractivity contribution is 0.515. The van der Waals surface area contributed by atoms with E-state index in [1.54, 1.807) is 0 Å². The molecule has 8 aliphatic rings. The Morgan fingerprint density at radius 3 is 0.741 bits per heavy atom. The van der Waals surface area contributed by atoms with Gasteiger partial charge < -0.3 is 0 Å². The van der Waals surface area contributed by atoms with Crippen molar-refractivity contribution in [3.63, 3.8) is 0 Å². The zero-order valence-electron chi connectivity index (χ0n) is 31.9. The average molecular weight is 735 g/mol. The first-order chi connectivity index (χ1) is 28.8. The Hall–Kier alpha value is -6.76. The van der Waals surface area contributed by atoms with Crippen LogP contribution in [0.2, 0.25) is 0 Å². The van der Waals surface area contributed by atoms with Crippen LogP contribution in [0, 0.1) is 0 Å². The lowest BCUT2D eigenvalue weighted by Gasteiger charge is -2.55. The minimum absolute atomic E-state index is 0.0652. The fourth-order valence-electron chi connectivity index (χ4n) is 13.5. The molecule has 8 aromatic carbocycles. The van der Waals surface area contributed by atoms with Crippen molar-refractivity contribution in [3.8, 4) is 0 Å². The lowest BCUT2D eigenvalue weighted by atomic mass is 9.46. The second kappa shape index (κ2) is 11.0. The summed E-state index contributed by atoms with van der Waals surface area (Å²) < 4.78 is 0. The first-order valence-corrected chi connectivity index (χ1v) is 21.0. The largest absolute Gasteiger partial charge is 0.0680 e. The third-order valence-corrected chi connectivity index (χ3v) is 15.2. The van der Waals surface area contributed by atoms with Crippen molar-refractivity contribution in [2.24, 2.45) is 0 Å². The summed E-state index contributed by atoms with van der Waals surface area (Å²) in [7, 11) is 0. The van der Waals surface area contributed by atoms with E-state index in [2.05, 4.69) is 206 Å². The zero-order chi connectivity index (χ0) is 37.7. The van der Waals surface area contributed by atoms with E-state index in [1.165, 1.54) is 100 Å². The van der Waals surface area contributed by atoms with Crippen LogP contribution in [0.3, 0.4) is 0 Å². The van der Waals surface area contributed by atoms with Crippen molar-refractivity contribution in [1.29, 1.82) is 0 Å². The molecule has 270 valence electrons. The monoisotopic (exact) mass is 734 g/mol. The van der Waals surface area contributed by atoms with Crippen LogP contribution in [0.1, 0.15) is 113 Å². The summed E-state index contributed by atoms with van der Waals surface area (Å²) in [5.41, 5.74) is 24.9. The van der Waals surface area contributed by atoms with Crippen molar-refractivity contribution in [2.45, 2.75) is 34.5 Å². The summed E-state index contributed by atoms with van der Waals surface area (Å²) in [5, 5.41) is 0. The van der Waals surface area contributed by atoms with Crippen molar-refractivity contribution in [1.82, 2.24) is 0 Å². The predicted molar refractivity (Wildman–Crippen MR) is 235 cm³/mol. The summed E-state index contributed by atoms with van der Waals surface area (Å²) in [5.74, 6) is 0.569. The van der Waals surface area contributed by atoms with Gasteiger partial charge in [0.15, 0.2) is 0 Å². The van der Waals surface area contributed by atoms with Crippen LogP contribution in [0.25, 0.3) is 12.2 Å². The number of allylic oxidation sites excluding steroid dienone is 2. The Morgan fingerprint density at radius 2 is 0.466 bits per heavy atom. The molecule has 0 aromatic heterocycles. The van der Waals surface area contributed by atoms with Crippen LogP contribution < -0.4 is 0 Å². The van der Waals surface area contributed by atoms with Crippen LogP contribution in [-0.4, -0.2) is 0 Å². The van der Waals surface area contributed by atoms with E-state index in [9.17, 15) is 0 Å². The normalized spacial score (nSPS) is 25.2. The van der Waals surface area contributed by atoms with Crippen molar-refractivity contribution < 1.29 is 0 Å². The number of hydrogen-bond acceptors (Lipinski definition) is 0. The molecule has 4 bridgehead atoms. The first kappa shape index (κ1) is 31.3. The van der Waals surface area contributed by atoms with E-state index in [-0.39, 0.29) is 23.7 Å². The van der Waals surface area contributed by atoms with Crippen LogP contribution in [0.15, 0.2) is 205 Å². The number of fused-ring (bicyclic) bond motifs is 2. The Morgan fingerprint density at radius 1 is 0.241 bits per heavy atom. The predicted octanol–water partition coefficient (Wildman–Crippen LogP) is 13.0. The highest BCUT2D eigenvalue weighted by Crippen LogP contribution is 2.71. The topological polar surface area (TPSA) is 0 Å². The first-order valence-electron chi connectivity index (χ1n) is 21.0. The molecule has 0 N–H and O–H groups in total. The highest BCUT2D eigenvalue weighted by atomic mass is 14.6. The van der Waals surface area contributed by atoms with Gasteiger partial charge in [-0.2, -0.15) is 0 Å². The van der Waals surface area contributed by atoms with Crippen molar-refractivity contribution in [3.05, 3.63) is 294 Å². The molecule has 0 fully saturated rings. The van der Waals surface area contributed by atoms with Crippen molar-refractivity contribution >= 4 is 12.2 Å². The van der Waals surface area contributed by atoms with E-state index in [0.717, 1.165) is 0 Å². The molecular formula is C58H38. The molecule has 0 amide bonds. The Bertz CT molecular complexity index is 2720. The van der Waals surface area contributed by atoms with E-state index < -0.39 is 10.8 Å². The van der Waals surface area contributed by atoms with E-state index >= 15 is 0 Å². The molecule has 58 heavy (non-hydrogen) atoms. The average Bonchev–Trinajstić information content (AvgIpc) is 3.87. The fourth-order valence-corrected chi connectivity index (χ4v) is 13.5. The maximum Gasteiger partial charge on any atom is 0.0680 e. The van der Waals surface area contributed by atoms with Gasteiger partial charge in [0.05, 0.1) is 10.8 Å². The Labute approximate surface area is 339 Å². The molecule has 0 heteroatoms. The van der Waals surface area contributed by atoms with Gasteiger partial charge in [0.1, 0.15) is 0 Å². The summed E-state index contributed by atoms with van der Waals surface area (Å²) in [6, 6.07) is 75.1. The maximum atomic E-state index is 2.62. The molecule has 16 rings (SSSR count). The molecule has 2 atom stereocenters. The van der Waals surface area contributed by atoms with Crippen LogP contribution in [-0.2, 0) is 10.8 Å². The second-order valence-corrected chi connectivity index (χ2v) is 17.3. The fraction of sp³-hybridized carbons (Fsp3) is 0.103. The molecule has 0 radical (unpaired) electrons. The van der Waals surface area contributed by atoms with Gasteiger partial charge in [-0.05, 0) is 100 Å². The molecule has 0 nitrogen and oxygen atoms in total. The van der Waals surface area contributed by atoms with Crippen LogP contribution >= 0.6 is 0 Å². The van der Waals surface area contributed by atoms with Gasteiger partial charge in [0.25, 0.3) is 0 Å². The van der Waals surface area contributed by atoms with E-state index in [4.69, 9.17) is 0 Å². The van der Waals surface area contributed by atoms with Crippen molar-refractivity contribution in [2.75, 3.05) is 0 Å². The summed E-state index contributed by atoms with van der Waals surface area (Å²) in [4.78, 5) is 0. The standard InChI is InChI=1S/C58H38/c1-3-19-37-35(17-1)33-51(57-45-27-11-5-21-39(45)53(40-22-6-12-28-46(40)57)41-23-7-13-29-47(41)57)55(37)56-38-20-4-2-18-36(38)34-52(56)58-48-30-14-8-24-42(48)54(43-25-9-15-31-49(43)58)44-26-10-16-32-50(44)58/h1-34,53-56H/t53?,54?,55-,56-,57?,58?/m1/s1. The van der Waals surface area contributed by atoms with E-state index in [1.807, 2.05) is 0 Å². The summed E-state index contributed by atoms with van der Waals surface area (Å²) in [6.45, 7) is 0. The van der Waals surface area contributed by atoms with Gasteiger partial charge in [0.2, 0.25) is 0 Å². The lowest BCUT2D eigenvalue weighted by Crippen LogP contribution is -2.47. The molecule has 0 aliphatic heterocycles. The minimum Gasteiger partial charge on any atom is -0.0619 e. The highest BCUT2D eigenvalue weighted by molar-refractivity contribution is 5.87. The van der Waals surface area contributed by atoms with Gasteiger partial charge in [0, 0.05) is 23.7 Å². The van der Waals surface area contributed by atoms with Gasteiger partial charge >= 0.3 is 0 Å². The molecule has 0 heterocycles. The number of benzene rings is 8. The Balaban J connectivity index is 1.12. The quantitative estimate of drug-likeness (QED) is 0.170.